The molecule has 6 heteroatoms. The average Bonchev–Trinajstić information content (AvgIpc) is 2.31. The molecule has 0 saturated heterocycles. The van der Waals surface area contributed by atoms with Gasteiger partial charge in [-0.2, -0.15) is 0 Å². The topological polar surface area (TPSA) is 51.2 Å². The quantitative estimate of drug-likeness (QED) is 0.794. The molecule has 0 amide bonds. The molecule has 0 aliphatic heterocycles. The number of hydrogen-bond donors (Lipinski definition) is 0. The molecule has 1 aromatic heterocycles. The predicted molar refractivity (Wildman–Crippen MR) is 56.1 cm³/mol. The smallest absolute Gasteiger partial charge is 0.187 e. The zero-order valence-corrected chi connectivity index (χ0v) is 10.0. The van der Waals surface area contributed by atoms with Gasteiger partial charge in [0.2, 0.25) is 0 Å². The van der Waals surface area contributed by atoms with E-state index >= 15 is 0 Å². The molecule has 0 aromatic carbocycles. The van der Waals surface area contributed by atoms with E-state index in [0.717, 1.165) is 10.0 Å². The Labute approximate surface area is 88.8 Å². The zero-order chi connectivity index (χ0) is 10.1. The second-order valence-electron chi connectivity index (χ2n) is 2.60. The molecule has 0 unspecified atom stereocenters. The summed E-state index contributed by atoms with van der Waals surface area (Å²) in [5.41, 5.74) is 0. The minimum atomic E-state index is -3.22. The Bertz CT molecular complexity index is 419. The van der Waals surface area contributed by atoms with Crippen molar-refractivity contribution >= 4 is 42.9 Å². The summed E-state index contributed by atoms with van der Waals surface area (Å²) in [6.45, 7) is 0. The van der Waals surface area contributed by atoms with Crippen molar-refractivity contribution in [3.8, 4) is 0 Å². The van der Waals surface area contributed by atoms with Crippen LogP contribution in [-0.2, 0) is 9.84 Å². The first-order valence-corrected chi connectivity index (χ1v) is 7.02. The first-order valence-electron chi connectivity index (χ1n) is 3.35. The molecule has 0 N–H and O–H groups in total. The van der Waals surface area contributed by atoms with E-state index in [1.807, 2.05) is 0 Å². The van der Waals surface area contributed by atoms with Gasteiger partial charge in [0.15, 0.2) is 15.6 Å². The average molecular weight is 283 g/mol. The fourth-order valence-electron chi connectivity index (χ4n) is 0.773. The van der Waals surface area contributed by atoms with E-state index in [1.165, 1.54) is 11.3 Å². The third-order valence-corrected chi connectivity index (χ3v) is 3.69. The highest BCUT2D eigenvalue weighted by atomic mass is 79.9. The summed E-state index contributed by atoms with van der Waals surface area (Å²) >= 11 is 4.44. The second-order valence-corrected chi connectivity index (χ2v) is 7.20. The molecule has 0 aliphatic carbocycles. The van der Waals surface area contributed by atoms with Gasteiger partial charge in [-0.3, -0.25) is 4.79 Å². The predicted octanol–water partition coefficient (Wildman–Crippen LogP) is 1.74. The van der Waals surface area contributed by atoms with Crippen LogP contribution in [0.2, 0.25) is 0 Å². The molecular formula is C7H7BrO3S2. The largest absolute Gasteiger partial charge is 0.292 e. The standard InChI is InChI=1S/C7H7BrO3S2/c1-13(10,11)4-5(9)6-2-3-7(8)12-6/h2-3H,4H2,1H3. The first-order chi connectivity index (χ1) is 5.88. The summed E-state index contributed by atoms with van der Waals surface area (Å²) in [4.78, 5) is 11.8. The third kappa shape index (κ3) is 3.58. The van der Waals surface area contributed by atoms with Crippen molar-refractivity contribution in [2.24, 2.45) is 0 Å². The highest BCUT2D eigenvalue weighted by molar-refractivity contribution is 9.11. The summed E-state index contributed by atoms with van der Waals surface area (Å²) in [6.07, 6.45) is 1.05. The molecule has 72 valence electrons. The number of sulfone groups is 1. The maximum atomic E-state index is 11.3. The van der Waals surface area contributed by atoms with Gasteiger partial charge in [0.25, 0.3) is 0 Å². The lowest BCUT2D eigenvalue weighted by atomic mass is 10.4. The Balaban J connectivity index is 2.81. The van der Waals surface area contributed by atoms with Crippen LogP contribution in [0.4, 0.5) is 0 Å². The lowest BCUT2D eigenvalue weighted by Crippen LogP contribution is -2.13. The van der Waals surface area contributed by atoms with Gasteiger partial charge in [-0.15, -0.1) is 11.3 Å². The summed E-state index contributed by atoms with van der Waals surface area (Å²) in [6, 6.07) is 3.34. The molecule has 1 aromatic rings. The summed E-state index contributed by atoms with van der Waals surface area (Å²) < 4.78 is 22.4. The molecular weight excluding hydrogens is 276 g/mol. The van der Waals surface area contributed by atoms with Gasteiger partial charge in [0.05, 0.1) is 8.66 Å². The van der Waals surface area contributed by atoms with Crippen LogP contribution in [0, 0.1) is 0 Å². The first kappa shape index (κ1) is 10.9. The highest BCUT2D eigenvalue weighted by Gasteiger charge is 2.14. The molecule has 3 nitrogen and oxygen atoms in total. The normalized spacial score (nSPS) is 11.5. The van der Waals surface area contributed by atoms with Gasteiger partial charge in [0, 0.05) is 6.26 Å². The number of thiophene rings is 1. The fourth-order valence-corrected chi connectivity index (χ4v) is 2.82. The Hall–Kier alpha value is -0.200. The van der Waals surface area contributed by atoms with Gasteiger partial charge in [-0.25, -0.2) is 8.42 Å². The minimum absolute atomic E-state index is 0.349. The molecule has 0 aliphatic rings. The van der Waals surface area contributed by atoms with Crippen molar-refractivity contribution in [3.63, 3.8) is 0 Å². The van der Waals surface area contributed by atoms with Crippen LogP contribution in [0.5, 0.6) is 0 Å². The van der Waals surface area contributed by atoms with Gasteiger partial charge >= 0.3 is 0 Å². The van der Waals surface area contributed by atoms with Crippen molar-refractivity contribution < 1.29 is 13.2 Å². The van der Waals surface area contributed by atoms with Crippen LogP contribution < -0.4 is 0 Å². The minimum Gasteiger partial charge on any atom is -0.292 e. The van der Waals surface area contributed by atoms with Crippen LogP contribution in [0.1, 0.15) is 9.67 Å². The summed E-state index contributed by atoms with van der Waals surface area (Å²) in [5.74, 6) is -0.766. The van der Waals surface area contributed by atoms with E-state index in [4.69, 9.17) is 0 Å². The van der Waals surface area contributed by atoms with E-state index in [-0.39, 0.29) is 5.78 Å². The number of ketones is 1. The van der Waals surface area contributed by atoms with Gasteiger partial charge in [-0.05, 0) is 28.1 Å². The lowest BCUT2D eigenvalue weighted by Gasteiger charge is -1.93. The van der Waals surface area contributed by atoms with Crippen LogP contribution in [-0.4, -0.2) is 26.2 Å². The van der Waals surface area contributed by atoms with Gasteiger partial charge in [0.1, 0.15) is 5.75 Å². The zero-order valence-electron chi connectivity index (χ0n) is 6.78. The molecule has 0 bridgehead atoms. The van der Waals surface area contributed by atoms with Crippen molar-refractivity contribution in [2.75, 3.05) is 12.0 Å². The molecule has 0 radical (unpaired) electrons. The maximum Gasteiger partial charge on any atom is 0.187 e. The highest BCUT2D eigenvalue weighted by Crippen LogP contribution is 2.22. The van der Waals surface area contributed by atoms with E-state index in [9.17, 15) is 13.2 Å². The number of halogens is 1. The molecule has 0 spiro atoms. The lowest BCUT2D eigenvalue weighted by molar-refractivity contribution is 0.102. The van der Waals surface area contributed by atoms with Crippen LogP contribution in [0.3, 0.4) is 0 Å². The van der Waals surface area contributed by atoms with Crippen LogP contribution in [0.25, 0.3) is 0 Å². The Morgan fingerprint density at radius 2 is 2.15 bits per heavy atom. The number of carbonyl (C=O) groups excluding carboxylic acids is 1. The van der Waals surface area contributed by atoms with E-state index in [0.29, 0.717) is 4.88 Å². The van der Waals surface area contributed by atoms with Gasteiger partial charge < -0.3 is 0 Å². The second kappa shape index (κ2) is 3.89. The molecule has 0 atom stereocenters. The van der Waals surface area contributed by atoms with E-state index in [2.05, 4.69) is 15.9 Å². The van der Waals surface area contributed by atoms with Gasteiger partial charge in [-0.1, -0.05) is 0 Å². The van der Waals surface area contributed by atoms with Crippen molar-refractivity contribution in [3.05, 3.63) is 20.8 Å². The molecule has 1 rings (SSSR count). The molecule has 0 fully saturated rings. The number of rotatable bonds is 3. The van der Waals surface area contributed by atoms with E-state index in [1.54, 1.807) is 12.1 Å². The van der Waals surface area contributed by atoms with Crippen LogP contribution >= 0.6 is 27.3 Å². The Kier molecular flexibility index (Phi) is 3.26. The SMILES string of the molecule is CS(=O)(=O)CC(=O)c1ccc(Br)s1. The Morgan fingerprint density at radius 3 is 2.54 bits per heavy atom. The number of hydrogen-bond acceptors (Lipinski definition) is 4. The summed E-state index contributed by atoms with van der Waals surface area (Å²) in [7, 11) is -3.22. The monoisotopic (exact) mass is 282 g/mol. The molecule has 1 heterocycles. The molecule has 0 saturated carbocycles. The number of carbonyl (C=O) groups is 1. The number of Topliss-reactive ketones (excluding diaryl/α,β-unsaturated/α-hetero) is 1. The van der Waals surface area contributed by atoms with Crippen molar-refractivity contribution in [1.29, 1.82) is 0 Å². The van der Waals surface area contributed by atoms with Crippen LogP contribution in [0.15, 0.2) is 15.9 Å². The summed E-state index contributed by atoms with van der Waals surface area (Å²) in [5, 5.41) is 0. The fraction of sp³-hybridized carbons (Fsp3) is 0.286. The van der Waals surface area contributed by atoms with Crippen molar-refractivity contribution in [1.82, 2.24) is 0 Å². The Morgan fingerprint density at radius 1 is 1.54 bits per heavy atom. The third-order valence-electron chi connectivity index (χ3n) is 1.24. The molecule has 13 heavy (non-hydrogen) atoms. The van der Waals surface area contributed by atoms with E-state index < -0.39 is 15.6 Å². The van der Waals surface area contributed by atoms with Crippen molar-refractivity contribution in [2.45, 2.75) is 0 Å². The maximum absolute atomic E-state index is 11.3.